The highest BCUT2D eigenvalue weighted by atomic mass is 16.5. The molecule has 0 bridgehead atoms. The quantitative estimate of drug-likeness (QED) is 0.400. The summed E-state index contributed by atoms with van der Waals surface area (Å²) >= 11 is 0. The van der Waals surface area contributed by atoms with Gasteiger partial charge < -0.3 is 14.4 Å². The number of benzene rings is 2. The number of hydrogen-bond donors (Lipinski definition) is 0. The van der Waals surface area contributed by atoms with Crippen LogP contribution < -0.4 is 9.47 Å². The fourth-order valence-corrected chi connectivity index (χ4v) is 6.10. The summed E-state index contributed by atoms with van der Waals surface area (Å²) in [6.45, 7) is 7.97. The molecule has 0 saturated heterocycles. The highest BCUT2D eigenvalue weighted by Crippen LogP contribution is 2.50. The van der Waals surface area contributed by atoms with E-state index in [4.69, 9.17) is 9.47 Å². The number of aryl methyl sites for hydroxylation is 1. The van der Waals surface area contributed by atoms with Crippen LogP contribution in [0.4, 0.5) is 0 Å². The Labute approximate surface area is 220 Å². The lowest BCUT2D eigenvalue weighted by Crippen LogP contribution is -2.39. The van der Waals surface area contributed by atoms with E-state index in [1.807, 2.05) is 31.2 Å². The van der Waals surface area contributed by atoms with E-state index < -0.39 is 0 Å². The second-order valence-corrected chi connectivity index (χ2v) is 10.3. The van der Waals surface area contributed by atoms with Gasteiger partial charge in [-0.25, -0.2) is 0 Å². The Bertz CT molecular complexity index is 1230. The first kappa shape index (κ1) is 25.3. The minimum absolute atomic E-state index is 0.176. The maximum atomic E-state index is 13.4. The Morgan fingerprint density at radius 3 is 2.16 bits per heavy atom. The second-order valence-electron chi connectivity index (χ2n) is 10.3. The Hall–Kier alpha value is -3.34. The summed E-state index contributed by atoms with van der Waals surface area (Å²) in [4.78, 5) is 29.2. The van der Waals surface area contributed by atoms with Gasteiger partial charge in [-0.3, -0.25) is 9.59 Å². The average Bonchev–Trinajstić information content (AvgIpc) is 2.89. The summed E-state index contributed by atoms with van der Waals surface area (Å²) in [5, 5.41) is 0. The van der Waals surface area contributed by atoms with Gasteiger partial charge in [-0.05, 0) is 69.2 Å². The normalized spacial score (nSPS) is 18.2. The molecule has 37 heavy (non-hydrogen) atoms. The molecule has 5 heteroatoms. The molecule has 0 saturated carbocycles. The van der Waals surface area contributed by atoms with Crippen molar-refractivity contribution >= 4 is 11.6 Å². The molecule has 1 aliphatic heterocycles. The monoisotopic (exact) mass is 499 g/mol. The first-order chi connectivity index (χ1) is 18.0. The molecule has 0 fully saturated rings. The van der Waals surface area contributed by atoms with Crippen LogP contribution in [0.1, 0.15) is 81.4 Å². The molecule has 0 N–H and O–H groups in total. The number of rotatable bonds is 8. The van der Waals surface area contributed by atoms with E-state index in [0.717, 1.165) is 72.3 Å². The van der Waals surface area contributed by atoms with E-state index in [1.54, 1.807) is 0 Å². The van der Waals surface area contributed by atoms with Crippen molar-refractivity contribution in [3.05, 3.63) is 81.7 Å². The lowest BCUT2D eigenvalue weighted by atomic mass is 9.71. The average molecular weight is 500 g/mol. The first-order valence-electron chi connectivity index (χ1n) is 13.8. The van der Waals surface area contributed by atoms with Gasteiger partial charge in [-0.1, -0.05) is 42.8 Å². The Morgan fingerprint density at radius 1 is 0.838 bits per heavy atom. The van der Waals surface area contributed by atoms with Gasteiger partial charge in [-0.2, -0.15) is 0 Å². The molecule has 1 heterocycles. The third-order valence-corrected chi connectivity index (χ3v) is 7.61. The van der Waals surface area contributed by atoms with Crippen molar-refractivity contribution < 1.29 is 19.1 Å². The second kappa shape index (κ2) is 11.0. The highest BCUT2D eigenvalue weighted by molar-refractivity contribution is 6.06. The molecule has 5 nitrogen and oxygen atoms in total. The molecule has 0 aromatic heterocycles. The van der Waals surface area contributed by atoms with Gasteiger partial charge in [-0.15, -0.1) is 0 Å². The van der Waals surface area contributed by atoms with Crippen molar-refractivity contribution in [3.8, 4) is 11.5 Å². The van der Waals surface area contributed by atoms with Crippen molar-refractivity contribution in [3.63, 3.8) is 0 Å². The topological polar surface area (TPSA) is 55.8 Å². The SMILES string of the molecule is CCCN1C2=C(C(=O)CCC2)C(c2ccc(OCc3cccc(C)c3)c(OCC)c2)C2=C1CCCC2=O. The van der Waals surface area contributed by atoms with Crippen LogP contribution in [0.2, 0.25) is 0 Å². The standard InChI is InChI=1S/C32H37NO4/c1-4-17-33-24-11-7-13-26(34)31(24)30(32-25(33)12-8-14-27(32)35)23-15-16-28(29(19-23)36-5-2)37-20-22-10-6-9-21(3)18-22/h6,9-10,15-16,18-19,30H,4-5,7-8,11-14,17,20H2,1-3H3. The molecule has 0 spiro atoms. The highest BCUT2D eigenvalue weighted by Gasteiger charge is 2.43. The van der Waals surface area contributed by atoms with E-state index >= 15 is 0 Å². The summed E-state index contributed by atoms with van der Waals surface area (Å²) in [6, 6.07) is 14.2. The van der Waals surface area contributed by atoms with Crippen LogP contribution in [0, 0.1) is 6.92 Å². The number of Topliss-reactive ketones (excluding diaryl/α,β-unsaturated/α-hetero) is 2. The number of hydrogen-bond acceptors (Lipinski definition) is 5. The zero-order valence-corrected chi connectivity index (χ0v) is 22.3. The van der Waals surface area contributed by atoms with Gasteiger partial charge in [0.2, 0.25) is 0 Å². The minimum Gasteiger partial charge on any atom is -0.490 e. The van der Waals surface area contributed by atoms with Gasteiger partial charge in [0.1, 0.15) is 6.61 Å². The van der Waals surface area contributed by atoms with Crippen molar-refractivity contribution in [2.75, 3.05) is 13.2 Å². The molecule has 194 valence electrons. The zero-order chi connectivity index (χ0) is 25.9. The molecule has 0 unspecified atom stereocenters. The van der Waals surface area contributed by atoms with Gasteiger partial charge in [0.15, 0.2) is 23.1 Å². The van der Waals surface area contributed by atoms with Crippen LogP contribution in [0.25, 0.3) is 0 Å². The van der Waals surface area contributed by atoms with Crippen molar-refractivity contribution in [1.82, 2.24) is 4.90 Å². The van der Waals surface area contributed by atoms with Gasteiger partial charge in [0.25, 0.3) is 0 Å². The third kappa shape index (κ3) is 4.96. The molecule has 0 atom stereocenters. The number of nitrogens with zero attached hydrogens (tertiary/aromatic N) is 1. The molecule has 2 aromatic carbocycles. The lowest BCUT2D eigenvalue weighted by Gasteiger charge is -2.44. The van der Waals surface area contributed by atoms with E-state index in [1.165, 1.54) is 5.56 Å². The maximum absolute atomic E-state index is 13.4. The number of ether oxygens (including phenoxy) is 2. The van der Waals surface area contributed by atoms with Crippen molar-refractivity contribution in [2.45, 2.75) is 78.2 Å². The number of carbonyl (C=O) groups excluding carboxylic acids is 2. The summed E-state index contributed by atoms with van der Waals surface area (Å²) < 4.78 is 12.2. The molecule has 2 aliphatic carbocycles. The molecular formula is C32H37NO4. The summed E-state index contributed by atoms with van der Waals surface area (Å²) in [5.41, 5.74) is 7.14. The van der Waals surface area contributed by atoms with E-state index in [9.17, 15) is 9.59 Å². The zero-order valence-electron chi connectivity index (χ0n) is 22.3. The Morgan fingerprint density at radius 2 is 1.54 bits per heavy atom. The van der Waals surface area contributed by atoms with E-state index in [-0.39, 0.29) is 17.5 Å². The van der Waals surface area contributed by atoms with Crippen LogP contribution in [-0.2, 0) is 16.2 Å². The maximum Gasteiger partial charge on any atom is 0.161 e. The van der Waals surface area contributed by atoms with Gasteiger partial charge >= 0.3 is 0 Å². The smallest absolute Gasteiger partial charge is 0.161 e. The fourth-order valence-electron chi connectivity index (χ4n) is 6.10. The van der Waals surface area contributed by atoms with E-state index in [2.05, 4.69) is 36.9 Å². The number of ketones is 2. The van der Waals surface area contributed by atoms with E-state index in [0.29, 0.717) is 37.6 Å². The molecule has 2 aromatic rings. The Kier molecular flexibility index (Phi) is 7.50. The molecule has 0 amide bonds. The predicted octanol–water partition coefficient (Wildman–Crippen LogP) is 6.80. The van der Waals surface area contributed by atoms with Crippen LogP contribution in [-0.4, -0.2) is 29.6 Å². The predicted molar refractivity (Wildman–Crippen MR) is 145 cm³/mol. The molecular weight excluding hydrogens is 462 g/mol. The summed E-state index contributed by atoms with van der Waals surface area (Å²) in [5.74, 6) is 1.34. The summed E-state index contributed by atoms with van der Waals surface area (Å²) in [7, 11) is 0. The van der Waals surface area contributed by atoms with Crippen molar-refractivity contribution in [1.29, 1.82) is 0 Å². The molecule has 0 radical (unpaired) electrons. The minimum atomic E-state index is -0.330. The summed E-state index contributed by atoms with van der Waals surface area (Å²) in [6.07, 6.45) is 5.58. The lowest BCUT2D eigenvalue weighted by molar-refractivity contribution is -0.117. The fraction of sp³-hybridized carbons (Fsp3) is 0.438. The van der Waals surface area contributed by atoms with Crippen LogP contribution in [0.3, 0.4) is 0 Å². The van der Waals surface area contributed by atoms with Crippen LogP contribution in [0.15, 0.2) is 65.0 Å². The first-order valence-corrected chi connectivity index (χ1v) is 13.8. The van der Waals surface area contributed by atoms with Gasteiger partial charge in [0, 0.05) is 47.8 Å². The number of carbonyl (C=O) groups is 2. The Balaban J connectivity index is 1.57. The molecule has 5 rings (SSSR count). The number of allylic oxidation sites excluding steroid dienone is 4. The third-order valence-electron chi connectivity index (χ3n) is 7.61. The van der Waals surface area contributed by atoms with Crippen LogP contribution in [0.5, 0.6) is 11.5 Å². The van der Waals surface area contributed by atoms with Crippen LogP contribution >= 0.6 is 0 Å². The largest absolute Gasteiger partial charge is 0.490 e. The molecule has 3 aliphatic rings. The van der Waals surface area contributed by atoms with Gasteiger partial charge in [0.05, 0.1) is 6.61 Å². The van der Waals surface area contributed by atoms with Crippen molar-refractivity contribution in [2.24, 2.45) is 0 Å².